The summed E-state index contributed by atoms with van der Waals surface area (Å²) in [5.41, 5.74) is 2.56. The Bertz CT molecular complexity index is 804. The van der Waals surface area contributed by atoms with Gasteiger partial charge in [0.15, 0.2) is 0 Å². The minimum absolute atomic E-state index is 0.162. The predicted octanol–water partition coefficient (Wildman–Crippen LogP) is 2.02. The van der Waals surface area contributed by atoms with E-state index in [1.165, 1.54) is 0 Å². The molecule has 1 amide bonds. The number of carbonyl (C=O) groups excluding carboxylic acids is 1. The van der Waals surface area contributed by atoms with Gasteiger partial charge in [0.2, 0.25) is 0 Å². The lowest BCUT2D eigenvalue weighted by atomic mass is 10.2. The lowest BCUT2D eigenvalue weighted by molar-refractivity contribution is 0.0947. The topological polar surface area (TPSA) is 64.7 Å². The largest absolute Gasteiger partial charge is 0.349 e. The number of aromatic nitrogens is 4. The smallest absolute Gasteiger partial charge is 0.271 e. The number of hydrogen-bond donors (Lipinski definition) is 1. The van der Waals surface area contributed by atoms with Crippen LogP contribution >= 0.6 is 0 Å². The third-order valence-corrected chi connectivity index (χ3v) is 3.65. The van der Waals surface area contributed by atoms with Crippen LogP contribution in [0, 0.1) is 6.92 Å². The molecule has 2 aromatic heterocycles. The van der Waals surface area contributed by atoms with Crippen molar-refractivity contribution in [1.29, 1.82) is 0 Å². The zero-order chi connectivity index (χ0) is 16.2. The molecule has 0 spiro atoms. The van der Waals surface area contributed by atoms with E-state index in [1.807, 2.05) is 50.5 Å². The van der Waals surface area contributed by atoms with Gasteiger partial charge in [0.05, 0.1) is 6.33 Å². The molecule has 0 radical (unpaired) electrons. The molecule has 0 fully saturated rings. The summed E-state index contributed by atoms with van der Waals surface area (Å²) < 4.78 is 3.86. The normalized spacial score (nSPS) is 10.7. The van der Waals surface area contributed by atoms with Crippen LogP contribution in [0.15, 0.2) is 49.1 Å². The Morgan fingerprint density at radius 2 is 2.00 bits per heavy atom. The number of benzene rings is 1. The van der Waals surface area contributed by atoms with Crippen molar-refractivity contribution in [2.75, 3.05) is 6.54 Å². The first-order chi connectivity index (χ1) is 11.1. The number of carbonyl (C=O) groups is 1. The fourth-order valence-corrected chi connectivity index (χ4v) is 2.46. The summed E-state index contributed by atoms with van der Waals surface area (Å²) in [4.78, 5) is 20.5. The Labute approximate surface area is 134 Å². The Hall–Kier alpha value is -2.89. The summed E-state index contributed by atoms with van der Waals surface area (Å²) in [6.45, 7) is 3.20. The minimum atomic E-state index is -0.162. The number of amides is 1. The predicted molar refractivity (Wildman–Crippen MR) is 87.9 cm³/mol. The zero-order valence-electron chi connectivity index (χ0n) is 13.2. The second-order valence-corrected chi connectivity index (χ2v) is 5.42. The van der Waals surface area contributed by atoms with E-state index in [1.54, 1.807) is 17.1 Å². The van der Waals surface area contributed by atoms with Gasteiger partial charge in [-0.1, -0.05) is 30.3 Å². The molecule has 6 heteroatoms. The molecule has 1 N–H and O–H groups in total. The number of nitrogens with zero attached hydrogens (tertiary/aromatic N) is 4. The molecule has 0 unspecified atom stereocenters. The molecule has 3 aromatic rings. The Morgan fingerprint density at radius 3 is 2.70 bits per heavy atom. The molecule has 0 aliphatic carbocycles. The summed E-state index contributed by atoms with van der Waals surface area (Å²) >= 11 is 0. The van der Waals surface area contributed by atoms with Crippen molar-refractivity contribution >= 4 is 5.91 Å². The van der Waals surface area contributed by atoms with Crippen molar-refractivity contribution < 1.29 is 4.79 Å². The van der Waals surface area contributed by atoms with Gasteiger partial charge < -0.3 is 14.5 Å². The summed E-state index contributed by atoms with van der Waals surface area (Å²) in [5.74, 6) is 0.750. The van der Waals surface area contributed by atoms with Gasteiger partial charge in [-0.25, -0.2) is 9.97 Å². The van der Waals surface area contributed by atoms with Gasteiger partial charge in [-0.2, -0.15) is 0 Å². The fraction of sp³-hybridized carbons (Fsp3) is 0.235. The second-order valence-electron chi connectivity index (χ2n) is 5.42. The molecular weight excluding hydrogens is 290 g/mol. The van der Waals surface area contributed by atoms with Crippen molar-refractivity contribution in [1.82, 2.24) is 24.4 Å². The molecule has 0 aliphatic rings. The highest BCUT2D eigenvalue weighted by Gasteiger charge is 2.11. The maximum absolute atomic E-state index is 12.0. The van der Waals surface area contributed by atoms with Crippen molar-refractivity contribution in [2.45, 2.75) is 13.5 Å². The SMILES string of the molecule is Cc1cnc(-c2ccccc2)n1CCNC(=O)c1cn(C)cn1. The maximum atomic E-state index is 12.0. The van der Waals surface area contributed by atoms with E-state index < -0.39 is 0 Å². The lowest BCUT2D eigenvalue weighted by Gasteiger charge is -2.11. The number of hydrogen-bond acceptors (Lipinski definition) is 3. The van der Waals surface area contributed by atoms with Gasteiger partial charge in [0.1, 0.15) is 11.5 Å². The summed E-state index contributed by atoms with van der Waals surface area (Å²) in [5, 5.41) is 2.89. The number of rotatable bonds is 5. The monoisotopic (exact) mass is 309 g/mol. The van der Waals surface area contributed by atoms with Gasteiger partial charge >= 0.3 is 0 Å². The highest BCUT2D eigenvalue weighted by molar-refractivity contribution is 5.91. The molecule has 118 valence electrons. The van der Waals surface area contributed by atoms with E-state index in [9.17, 15) is 4.79 Å². The van der Waals surface area contributed by atoms with Gasteiger partial charge in [-0.3, -0.25) is 4.79 Å². The van der Waals surface area contributed by atoms with Crippen LogP contribution in [0.3, 0.4) is 0 Å². The van der Waals surface area contributed by atoms with Crippen LogP contribution in [0.25, 0.3) is 11.4 Å². The molecule has 3 rings (SSSR count). The standard InChI is InChI=1S/C17H19N5O/c1-13-10-19-16(14-6-4-3-5-7-14)22(13)9-8-18-17(23)15-11-21(2)12-20-15/h3-7,10-12H,8-9H2,1-2H3,(H,18,23). The molecule has 0 saturated carbocycles. The molecule has 2 heterocycles. The van der Waals surface area contributed by atoms with Crippen LogP contribution in [0.5, 0.6) is 0 Å². The Morgan fingerprint density at radius 1 is 1.22 bits per heavy atom. The average molecular weight is 309 g/mol. The zero-order valence-corrected chi connectivity index (χ0v) is 13.2. The highest BCUT2D eigenvalue weighted by atomic mass is 16.1. The average Bonchev–Trinajstić information content (AvgIpc) is 3.15. The van der Waals surface area contributed by atoms with E-state index >= 15 is 0 Å². The Kier molecular flexibility index (Phi) is 4.23. The molecule has 1 aromatic carbocycles. The van der Waals surface area contributed by atoms with Crippen LogP contribution in [0.1, 0.15) is 16.2 Å². The van der Waals surface area contributed by atoms with E-state index in [-0.39, 0.29) is 5.91 Å². The van der Waals surface area contributed by atoms with E-state index in [0.717, 1.165) is 17.1 Å². The molecule has 0 atom stereocenters. The third-order valence-electron chi connectivity index (χ3n) is 3.65. The first-order valence-electron chi connectivity index (χ1n) is 7.49. The maximum Gasteiger partial charge on any atom is 0.271 e. The van der Waals surface area contributed by atoms with Crippen LogP contribution in [0.4, 0.5) is 0 Å². The lowest BCUT2D eigenvalue weighted by Crippen LogP contribution is -2.28. The van der Waals surface area contributed by atoms with Gasteiger partial charge in [0, 0.05) is 43.8 Å². The molecular formula is C17H19N5O. The number of imidazole rings is 2. The number of aryl methyl sites for hydroxylation is 2. The summed E-state index contributed by atoms with van der Waals surface area (Å²) in [6, 6.07) is 10.0. The first-order valence-corrected chi connectivity index (χ1v) is 7.49. The van der Waals surface area contributed by atoms with Crippen molar-refractivity contribution in [3.05, 3.63) is 60.4 Å². The second kappa shape index (κ2) is 6.48. The van der Waals surface area contributed by atoms with E-state index in [2.05, 4.69) is 19.9 Å². The van der Waals surface area contributed by atoms with Crippen LogP contribution in [-0.4, -0.2) is 31.6 Å². The number of nitrogens with one attached hydrogen (secondary N) is 1. The molecule has 23 heavy (non-hydrogen) atoms. The van der Waals surface area contributed by atoms with Crippen LogP contribution in [-0.2, 0) is 13.6 Å². The van der Waals surface area contributed by atoms with Gasteiger partial charge in [-0.15, -0.1) is 0 Å². The van der Waals surface area contributed by atoms with Gasteiger partial charge in [0.25, 0.3) is 5.91 Å². The Balaban J connectivity index is 1.67. The van der Waals surface area contributed by atoms with Crippen LogP contribution < -0.4 is 5.32 Å². The van der Waals surface area contributed by atoms with Crippen molar-refractivity contribution in [3.8, 4) is 11.4 Å². The third kappa shape index (κ3) is 3.31. The summed E-state index contributed by atoms with van der Waals surface area (Å²) in [7, 11) is 1.84. The van der Waals surface area contributed by atoms with Gasteiger partial charge in [-0.05, 0) is 6.92 Å². The quantitative estimate of drug-likeness (QED) is 0.784. The van der Waals surface area contributed by atoms with E-state index in [0.29, 0.717) is 18.8 Å². The highest BCUT2D eigenvalue weighted by Crippen LogP contribution is 2.18. The fourth-order valence-electron chi connectivity index (χ4n) is 2.46. The minimum Gasteiger partial charge on any atom is -0.349 e. The molecule has 0 saturated heterocycles. The van der Waals surface area contributed by atoms with Crippen molar-refractivity contribution in [2.24, 2.45) is 7.05 Å². The summed E-state index contributed by atoms with van der Waals surface area (Å²) in [6.07, 6.45) is 5.17. The van der Waals surface area contributed by atoms with Crippen molar-refractivity contribution in [3.63, 3.8) is 0 Å². The first kappa shape index (κ1) is 15.0. The van der Waals surface area contributed by atoms with Crippen LogP contribution in [0.2, 0.25) is 0 Å². The molecule has 6 nitrogen and oxygen atoms in total. The van der Waals surface area contributed by atoms with E-state index in [4.69, 9.17) is 0 Å². The molecule has 0 aliphatic heterocycles. The molecule has 0 bridgehead atoms.